The van der Waals surface area contributed by atoms with Gasteiger partial charge in [-0.25, -0.2) is 4.39 Å². The zero-order valence-electron chi connectivity index (χ0n) is 12.5. The molecule has 4 heteroatoms. The zero-order chi connectivity index (χ0) is 15.6. The van der Waals surface area contributed by atoms with Gasteiger partial charge >= 0.3 is 0 Å². The predicted molar refractivity (Wildman–Crippen MR) is 83.1 cm³/mol. The SMILES string of the molecule is COc1cc(C)c(C(Cl)c2cccc(C)c2F)cc1OC. The van der Waals surface area contributed by atoms with Gasteiger partial charge in [0.2, 0.25) is 0 Å². The number of aryl methyl sites for hydroxylation is 2. The van der Waals surface area contributed by atoms with Crippen molar-refractivity contribution < 1.29 is 13.9 Å². The maximum atomic E-state index is 14.3. The van der Waals surface area contributed by atoms with Crippen molar-refractivity contribution in [3.8, 4) is 11.5 Å². The van der Waals surface area contributed by atoms with Gasteiger partial charge in [0.15, 0.2) is 11.5 Å². The molecule has 0 saturated heterocycles. The van der Waals surface area contributed by atoms with Crippen LogP contribution in [0.2, 0.25) is 0 Å². The average Bonchev–Trinajstić information content (AvgIpc) is 2.49. The molecule has 0 radical (unpaired) electrons. The van der Waals surface area contributed by atoms with E-state index in [1.165, 1.54) is 0 Å². The van der Waals surface area contributed by atoms with Crippen molar-refractivity contribution in [2.45, 2.75) is 19.2 Å². The van der Waals surface area contributed by atoms with E-state index in [2.05, 4.69) is 0 Å². The third kappa shape index (κ3) is 2.98. The quantitative estimate of drug-likeness (QED) is 0.756. The lowest BCUT2D eigenvalue weighted by Gasteiger charge is -2.18. The number of benzene rings is 2. The molecule has 0 spiro atoms. The summed E-state index contributed by atoms with van der Waals surface area (Å²) in [5.74, 6) is 0.941. The molecule has 21 heavy (non-hydrogen) atoms. The van der Waals surface area contributed by atoms with E-state index < -0.39 is 5.38 Å². The smallest absolute Gasteiger partial charge is 0.161 e. The van der Waals surface area contributed by atoms with Gasteiger partial charge in [0.25, 0.3) is 0 Å². The van der Waals surface area contributed by atoms with Gasteiger partial charge in [-0.15, -0.1) is 11.6 Å². The Morgan fingerprint density at radius 1 is 0.952 bits per heavy atom. The normalized spacial score (nSPS) is 12.1. The molecule has 112 valence electrons. The van der Waals surface area contributed by atoms with E-state index in [1.54, 1.807) is 45.4 Å². The van der Waals surface area contributed by atoms with Crippen molar-refractivity contribution in [3.63, 3.8) is 0 Å². The Kier molecular flexibility index (Phi) is 4.73. The minimum atomic E-state index is -0.579. The fourth-order valence-corrected chi connectivity index (χ4v) is 2.71. The van der Waals surface area contributed by atoms with E-state index in [4.69, 9.17) is 21.1 Å². The molecule has 2 aromatic carbocycles. The Balaban J connectivity index is 2.53. The third-order valence-electron chi connectivity index (χ3n) is 3.54. The topological polar surface area (TPSA) is 18.5 Å². The van der Waals surface area contributed by atoms with Crippen molar-refractivity contribution in [3.05, 3.63) is 58.4 Å². The monoisotopic (exact) mass is 308 g/mol. The van der Waals surface area contributed by atoms with Crippen LogP contribution in [0.3, 0.4) is 0 Å². The maximum absolute atomic E-state index is 14.3. The molecule has 0 aromatic heterocycles. The standard InChI is InChI=1S/C17H18ClFO2/c1-10-6-5-7-12(17(10)19)16(18)13-9-15(21-4)14(20-3)8-11(13)2/h5-9,16H,1-4H3. The molecule has 1 atom stereocenters. The number of hydrogen-bond acceptors (Lipinski definition) is 2. The molecule has 0 N–H and O–H groups in total. The number of hydrogen-bond donors (Lipinski definition) is 0. The first-order chi connectivity index (χ1) is 9.99. The van der Waals surface area contributed by atoms with Gasteiger partial charge in [0.1, 0.15) is 5.82 Å². The maximum Gasteiger partial charge on any atom is 0.161 e. The molecule has 2 rings (SSSR count). The highest BCUT2D eigenvalue weighted by Gasteiger charge is 2.20. The second-order valence-electron chi connectivity index (χ2n) is 4.90. The van der Waals surface area contributed by atoms with Gasteiger partial charge in [-0.05, 0) is 42.7 Å². The molecule has 0 heterocycles. The molecule has 0 bridgehead atoms. The number of alkyl halides is 1. The molecule has 0 aliphatic heterocycles. The Bertz CT molecular complexity index is 655. The highest BCUT2D eigenvalue weighted by Crippen LogP contribution is 2.38. The third-order valence-corrected chi connectivity index (χ3v) is 4.01. The highest BCUT2D eigenvalue weighted by molar-refractivity contribution is 6.22. The summed E-state index contributed by atoms with van der Waals surface area (Å²) in [7, 11) is 3.14. The lowest BCUT2D eigenvalue weighted by molar-refractivity contribution is 0.354. The highest BCUT2D eigenvalue weighted by atomic mass is 35.5. The second-order valence-corrected chi connectivity index (χ2v) is 5.34. The molecule has 2 aromatic rings. The number of halogens is 2. The Morgan fingerprint density at radius 2 is 1.57 bits per heavy atom. The van der Waals surface area contributed by atoms with Crippen LogP contribution in [0.4, 0.5) is 4.39 Å². The van der Waals surface area contributed by atoms with E-state index in [0.717, 1.165) is 11.1 Å². The molecular formula is C17H18ClFO2. The summed E-state index contributed by atoms with van der Waals surface area (Å²) < 4.78 is 24.8. The van der Waals surface area contributed by atoms with E-state index in [1.807, 2.05) is 13.0 Å². The largest absolute Gasteiger partial charge is 0.493 e. The lowest BCUT2D eigenvalue weighted by Crippen LogP contribution is -2.02. The van der Waals surface area contributed by atoms with Crippen LogP contribution in [0.15, 0.2) is 30.3 Å². The molecule has 0 saturated carbocycles. The summed E-state index contributed by atoms with van der Waals surface area (Å²) in [5.41, 5.74) is 2.77. The lowest BCUT2D eigenvalue weighted by atomic mass is 9.97. The van der Waals surface area contributed by atoms with E-state index in [0.29, 0.717) is 22.6 Å². The molecular weight excluding hydrogens is 291 g/mol. The van der Waals surface area contributed by atoms with Gasteiger partial charge in [0, 0.05) is 5.56 Å². The van der Waals surface area contributed by atoms with Gasteiger partial charge in [0.05, 0.1) is 19.6 Å². The van der Waals surface area contributed by atoms with Crippen LogP contribution < -0.4 is 9.47 Å². The van der Waals surface area contributed by atoms with Crippen molar-refractivity contribution >= 4 is 11.6 Å². The van der Waals surface area contributed by atoms with E-state index >= 15 is 0 Å². The van der Waals surface area contributed by atoms with Gasteiger partial charge in [-0.1, -0.05) is 18.2 Å². The van der Waals surface area contributed by atoms with Crippen molar-refractivity contribution in [2.75, 3.05) is 14.2 Å². The average molecular weight is 309 g/mol. The summed E-state index contributed by atoms with van der Waals surface area (Å²) in [6, 6.07) is 8.88. The van der Waals surface area contributed by atoms with Crippen LogP contribution in [0.25, 0.3) is 0 Å². The zero-order valence-corrected chi connectivity index (χ0v) is 13.3. The minimum Gasteiger partial charge on any atom is -0.493 e. The molecule has 0 aliphatic carbocycles. The van der Waals surface area contributed by atoms with Crippen molar-refractivity contribution in [1.82, 2.24) is 0 Å². The molecule has 2 nitrogen and oxygen atoms in total. The molecule has 1 unspecified atom stereocenters. The van der Waals surface area contributed by atoms with Crippen LogP contribution in [-0.2, 0) is 0 Å². The summed E-state index contributed by atoms with van der Waals surface area (Å²) >= 11 is 6.50. The number of ether oxygens (including phenoxy) is 2. The predicted octanol–water partition coefficient (Wildman–Crippen LogP) is 4.79. The first-order valence-electron chi connectivity index (χ1n) is 6.61. The Labute approximate surface area is 129 Å². The number of rotatable bonds is 4. The molecule has 0 aliphatic rings. The van der Waals surface area contributed by atoms with Gasteiger partial charge in [-0.2, -0.15) is 0 Å². The van der Waals surface area contributed by atoms with Crippen molar-refractivity contribution in [1.29, 1.82) is 0 Å². The van der Waals surface area contributed by atoms with E-state index in [-0.39, 0.29) is 5.82 Å². The summed E-state index contributed by atoms with van der Waals surface area (Å²) in [6.45, 7) is 3.64. The second kappa shape index (κ2) is 6.35. The van der Waals surface area contributed by atoms with Crippen LogP contribution in [-0.4, -0.2) is 14.2 Å². The van der Waals surface area contributed by atoms with Crippen LogP contribution in [0, 0.1) is 19.7 Å². The minimum absolute atomic E-state index is 0.272. The number of methoxy groups -OCH3 is 2. The van der Waals surface area contributed by atoms with Gasteiger partial charge < -0.3 is 9.47 Å². The van der Waals surface area contributed by atoms with Crippen LogP contribution >= 0.6 is 11.6 Å². The first-order valence-corrected chi connectivity index (χ1v) is 7.04. The summed E-state index contributed by atoms with van der Waals surface area (Å²) in [6.07, 6.45) is 0. The van der Waals surface area contributed by atoms with Crippen molar-refractivity contribution in [2.24, 2.45) is 0 Å². The fourth-order valence-electron chi connectivity index (χ4n) is 2.30. The van der Waals surface area contributed by atoms with Crippen LogP contribution in [0.1, 0.15) is 27.6 Å². The van der Waals surface area contributed by atoms with Gasteiger partial charge in [-0.3, -0.25) is 0 Å². The Morgan fingerprint density at radius 3 is 2.19 bits per heavy atom. The van der Waals surface area contributed by atoms with Crippen LogP contribution in [0.5, 0.6) is 11.5 Å². The Hall–Kier alpha value is -1.74. The summed E-state index contributed by atoms with van der Waals surface area (Å²) in [4.78, 5) is 0. The summed E-state index contributed by atoms with van der Waals surface area (Å²) in [5, 5.41) is -0.579. The molecule has 0 amide bonds. The molecule has 0 fully saturated rings. The fraction of sp³-hybridized carbons (Fsp3) is 0.294. The van der Waals surface area contributed by atoms with E-state index in [9.17, 15) is 4.39 Å². The first kappa shape index (κ1) is 15.6.